The van der Waals surface area contributed by atoms with Crippen LogP contribution in [0.3, 0.4) is 0 Å². The van der Waals surface area contributed by atoms with Gasteiger partial charge in [-0.15, -0.1) is 0 Å². The summed E-state index contributed by atoms with van der Waals surface area (Å²) < 4.78 is 31.2. The molecule has 0 spiro atoms. The van der Waals surface area contributed by atoms with Crippen LogP contribution in [0.15, 0.2) is 66.7 Å². The number of nitrogens with one attached hydrogen (secondary N) is 1. The summed E-state index contributed by atoms with van der Waals surface area (Å²) in [5, 5.41) is 5.21. The molecule has 6 nitrogen and oxygen atoms in total. The van der Waals surface area contributed by atoms with Crippen LogP contribution in [0.4, 0.5) is 5.69 Å². The molecule has 0 heterocycles. The molecule has 0 aliphatic heterocycles. The Bertz CT molecular complexity index is 1130. The molecule has 0 saturated carbocycles. The van der Waals surface area contributed by atoms with E-state index >= 15 is 0 Å². The normalized spacial score (nSPS) is 11.3. The van der Waals surface area contributed by atoms with Crippen LogP contribution in [-0.4, -0.2) is 33.7 Å². The summed E-state index contributed by atoms with van der Waals surface area (Å²) in [4.78, 5) is 12.3. The van der Waals surface area contributed by atoms with Crippen LogP contribution < -0.4 is 14.4 Å². The van der Waals surface area contributed by atoms with Gasteiger partial charge in [-0.25, -0.2) is 8.42 Å². The molecule has 1 amide bonds. The van der Waals surface area contributed by atoms with Crippen molar-refractivity contribution in [2.45, 2.75) is 26.3 Å². The Morgan fingerprint density at radius 2 is 1.71 bits per heavy atom. The summed E-state index contributed by atoms with van der Waals surface area (Å²) in [7, 11) is -3.46. The van der Waals surface area contributed by atoms with Crippen molar-refractivity contribution in [3.05, 3.63) is 72.3 Å². The minimum atomic E-state index is -3.46. The van der Waals surface area contributed by atoms with Gasteiger partial charge in [-0.3, -0.25) is 9.10 Å². The molecule has 0 unspecified atom stereocenters. The molecular weight excluding hydrogens is 412 g/mol. The third-order valence-electron chi connectivity index (χ3n) is 4.90. The average molecular weight is 441 g/mol. The minimum absolute atomic E-state index is 0.103. The van der Waals surface area contributed by atoms with Crippen LogP contribution in [0.5, 0.6) is 5.75 Å². The van der Waals surface area contributed by atoms with Crippen LogP contribution in [0.2, 0.25) is 0 Å². The van der Waals surface area contributed by atoms with E-state index in [-0.39, 0.29) is 18.9 Å². The monoisotopic (exact) mass is 440 g/mol. The smallest absolute Gasteiger partial charge is 0.232 e. The fraction of sp³-hybridized carbons (Fsp3) is 0.292. The SMILES string of the molecule is CCOc1ccc(N(CCCC(=O)NCc2ccc3ccccc3c2)S(C)(=O)=O)cc1. The number of sulfonamides is 1. The zero-order valence-corrected chi connectivity index (χ0v) is 18.7. The lowest BCUT2D eigenvalue weighted by Gasteiger charge is -2.22. The third-order valence-corrected chi connectivity index (χ3v) is 6.10. The zero-order chi connectivity index (χ0) is 22.3. The second-order valence-corrected chi connectivity index (χ2v) is 9.23. The first-order valence-electron chi connectivity index (χ1n) is 10.3. The highest BCUT2D eigenvalue weighted by Crippen LogP contribution is 2.22. The molecule has 3 rings (SSSR count). The highest BCUT2D eigenvalue weighted by molar-refractivity contribution is 7.92. The summed E-state index contributed by atoms with van der Waals surface area (Å²) >= 11 is 0. The van der Waals surface area contributed by atoms with Crippen molar-refractivity contribution in [1.82, 2.24) is 5.32 Å². The van der Waals surface area contributed by atoms with E-state index in [1.807, 2.05) is 37.3 Å². The van der Waals surface area contributed by atoms with Crippen LogP contribution >= 0.6 is 0 Å². The Labute approximate surface area is 183 Å². The molecule has 0 radical (unpaired) electrons. The molecule has 7 heteroatoms. The van der Waals surface area contributed by atoms with Crippen LogP contribution in [0.25, 0.3) is 10.8 Å². The number of hydrogen-bond acceptors (Lipinski definition) is 4. The van der Waals surface area contributed by atoms with E-state index in [0.717, 1.165) is 16.3 Å². The maximum absolute atomic E-state index is 12.3. The van der Waals surface area contributed by atoms with E-state index in [1.165, 1.54) is 10.6 Å². The molecule has 31 heavy (non-hydrogen) atoms. The summed E-state index contributed by atoms with van der Waals surface area (Å²) in [6.45, 7) is 3.11. The number of anilines is 1. The van der Waals surface area contributed by atoms with E-state index < -0.39 is 10.0 Å². The lowest BCUT2D eigenvalue weighted by molar-refractivity contribution is -0.121. The molecule has 0 saturated heterocycles. The summed E-state index contributed by atoms with van der Waals surface area (Å²) in [5.74, 6) is 0.584. The molecule has 0 aliphatic carbocycles. The standard InChI is InChI=1S/C24H28N2O4S/c1-3-30-23-14-12-22(13-15-23)26(31(2,28)29)16-6-9-24(27)25-18-19-10-11-20-7-4-5-8-21(20)17-19/h4-5,7-8,10-15,17H,3,6,9,16,18H2,1-2H3,(H,25,27). The number of rotatable bonds is 10. The fourth-order valence-electron chi connectivity index (χ4n) is 3.38. The predicted octanol–water partition coefficient (Wildman–Crippen LogP) is 4.10. The maximum Gasteiger partial charge on any atom is 0.232 e. The molecule has 1 N–H and O–H groups in total. The number of fused-ring (bicyclic) bond motifs is 1. The molecule has 3 aromatic carbocycles. The average Bonchev–Trinajstić information content (AvgIpc) is 2.75. The highest BCUT2D eigenvalue weighted by Gasteiger charge is 2.17. The van der Waals surface area contributed by atoms with Gasteiger partial charge in [0.25, 0.3) is 0 Å². The van der Waals surface area contributed by atoms with Crippen molar-refractivity contribution >= 4 is 32.4 Å². The number of benzene rings is 3. The first-order valence-corrected chi connectivity index (χ1v) is 12.2. The van der Waals surface area contributed by atoms with Gasteiger partial charge in [0, 0.05) is 19.5 Å². The molecule has 0 aliphatic rings. The van der Waals surface area contributed by atoms with Crippen molar-refractivity contribution in [1.29, 1.82) is 0 Å². The Morgan fingerprint density at radius 1 is 1.00 bits per heavy atom. The van der Waals surface area contributed by atoms with Crippen molar-refractivity contribution in [2.24, 2.45) is 0 Å². The van der Waals surface area contributed by atoms with Gasteiger partial charge in [-0.1, -0.05) is 36.4 Å². The quantitative estimate of drug-likeness (QED) is 0.515. The first-order chi connectivity index (χ1) is 14.9. The predicted molar refractivity (Wildman–Crippen MR) is 125 cm³/mol. The summed E-state index contributed by atoms with van der Waals surface area (Å²) in [6.07, 6.45) is 1.84. The largest absolute Gasteiger partial charge is 0.494 e. The maximum atomic E-state index is 12.3. The van der Waals surface area contributed by atoms with Crippen LogP contribution in [0.1, 0.15) is 25.3 Å². The molecule has 0 atom stereocenters. The van der Waals surface area contributed by atoms with Gasteiger partial charge in [0.05, 0.1) is 18.6 Å². The number of hydrogen-bond donors (Lipinski definition) is 1. The highest BCUT2D eigenvalue weighted by atomic mass is 32.2. The fourth-order valence-corrected chi connectivity index (χ4v) is 4.35. The Morgan fingerprint density at radius 3 is 2.39 bits per heavy atom. The first kappa shape index (κ1) is 22.6. The number of amides is 1. The van der Waals surface area contributed by atoms with Gasteiger partial charge in [0.2, 0.25) is 15.9 Å². The van der Waals surface area contributed by atoms with E-state index in [9.17, 15) is 13.2 Å². The minimum Gasteiger partial charge on any atom is -0.494 e. The Kier molecular flexibility index (Phi) is 7.52. The lowest BCUT2D eigenvalue weighted by atomic mass is 10.1. The molecule has 0 fully saturated rings. The van der Waals surface area contributed by atoms with Crippen molar-refractivity contribution in [3.8, 4) is 5.75 Å². The molecule has 164 valence electrons. The molecular formula is C24H28N2O4S. The second-order valence-electron chi connectivity index (χ2n) is 7.32. The number of nitrogens with zero attached hydrogens (tertiary/aromatic N) is 1. The molecule has 0 bridgehead atoms. The zero-order valence-electron chi connectivity index (χ0n) is 17.9. The Hall–Kier alpha value is -3.06. The molecule has 3 aromatic rings. The van der Waals surface area contributed by atoms with Crippen molar-refractivity contribution in [3.63, 3.8) is 0 Å². The Balaban J connectivity index is 1.52. The van der Waals surface area contributed by atoms with Gasteiger partial charge < -0.3 is 10.1 Å². The van der Waals surface area contributed by atoms with Crippen LogP contribution in [-0.2, 0) is 21.4 Å². The summed E-state index contributed by atoms with van der Waals surface area (Å²) in [6, 6.07) is 21.1. The van der Waals surface area contributed by atoms with E-state index in [2.05, 4.69) is 17.4 Å². The summed E-state index contributed by atoms with van der Waals surface area (Å²) in [5.41, 5.74) is 1.58. The van der Waals surface area contributed by atoms with Crippen LogP contribution in [0, 0.1) is 0 Å². The van der Waals surface area contributed by atoms with E-state index in [4.69, 9.17) is 4.74 Å². The number of carbonyl (C=O) groups excluding carboxylic acids is 1. The van der Waals surface area contributed by atoms with Gasteiger partial charge in [-0.2, -0.15) is 0 Å². The number of carbonyl (C=O) groups is 1. The number of ether oxygens (including phenoxy) is 1. The van der Waals surface area contributed by atoms with Gasteiger partial charge in [0.1, 0.15) is 5.75 Å². The van der Waals surface area contributed by atoms with Gasteiger partial charge in [-0.05, 0) is 60.0 Å². The van der Waals surface area contributed by atoms with Crippen molar-refractivity contribution < 1.29 is 17.9 Å². The van der Waals surface area contributed by atoms with E-state index in [0.29, 0.717) is 31.0 Å². The third kappa shape index (κ3) is 6.46. The van der Waals surface area contributed by atoms with Gasteiger partial charge >= 0.3 is 0 Å². The topological polar surface area (TPSA) is 75.7 Å². The van der Waals surface area contributed by atoms with Gasteiger partial charge in [0.15, 0.2) is 0 Å². The van der Waals surface area contributed by atoms with E-state index in [1.54, 1.807) is 24.3 Å². The van der Waals surface area contributed by atoms with Crippen molar-refractivity contribution in [2.75, 3.05) is 23.7 Å². The second kappa shape index (κ2) is 10.3. The molecule has 0 aromatic heterocycles. The lowest BCUT2D eigenvalue weighted by Crippen LogP contribution is -2.32.